The van der Waals surface area contributed by atoms with Gasteiger partial charge in [-0.05, 0) is 19.1 Å². The lowest BCUT2D eigenvalue weighted by Gasteiger charge is -2.06. The molecule has 1 heterocycles. The van der Waals surface area contributed by atoms with Gasteiger partial charge in [0, 0.05) is 6.07 Å². The first-order valence-corrected chi connectivity index (χ1v) is 5.08. The zero-order valence-electron chi connectivity index (χ0n) is 9.58. The minimum atomic E-state index is -0.762. The van der Waals surface area contributed by atoms with E-state index in [2.05, 4.69) is 9.84 Å². The molecule has 2 aromatic rings. The van der Waals surface area contributed by atoms with Crippen LogP contribution >= 0.6 is 0 Å². The van der Waals surface area contributed by atoms with E-state index >= 15 is 0 Å². The van der Waals surface area contributed by atoms with Gasteiger partial charge in [-0.1, -0.05) is 18.2 Å². The van der Waals surface area contributed by atoms with Gasteiger partial charge < -0.3 is 9.47 Å². The molecule has 0 aliphatic carbocycles. The number of aryl methyl sites for hydroxylation is 1. The fraction of sp³-hybridized carbons (Fsp3) is 0.167. The van der Waals surface area contributed by atoms with Crippen molar-refractivity contribution in [1.82, 2.24) is 9.78 Å². The second kappa shape index (κ2) is 4.69. The molecule has 0 saturated heterocycles. The summed E-state index contributed by atoms with van der Waals surface area (Å²) in [6.45, 7) is 1.82. The molecule has 88 valence electrons. The maximum Gasteiger partial charge on any atom is 0.514 e. The number of nitrogens with zero attached hydrogens (tertiary/aromatic N) is 2. The Morgan fingerprint density at radius 1 is 1.29 bits per heavy atom. The van der Waals surface area contributed by atoms with E-state index in [1.807, 2.05) is 37.3 Å². The number of hydrogen-bond donors (Lipinski definition) is 0. The molecule has 1 aromatic heterocycles. The topological polar surface area (TPSA) is 53.4 Å². The summed E-state index contributed by atoms with van der Waals surface area (Å²) in [6, 6.07) is 11.1. The van der Waals surface area contributed by atoms with Crippen LogP contribution in [0.3, 0.4) is 0 Å². The quantitative estimate of drug-likeness (QED) is 0.745. The summed E-state index contributed by atoms with van der Waals surface area (Å²) in [4.78, 5) is 11.1. The maximum atomic E-state index is 11.1. The van der Waals surface area contributed by atoms with E-state index in [9.17, 15) is 4.79 Å². The first kappa shape index (κ1) is 11.2. The summed E-state index contributed by atoms with van der Waals surface area (Å²) >= 11 is 0. The Morgan fingerprint density at radius 2 is 2.00 bits per heavy atom. The van der Waals surface area contributed by atoms with Crippen LogP contribution < -0.4 is 4.74 Å². The second-order valence-electron chi connectivity index (χ2n) is 3.43. The van der Waals surface area contributed by atoms with E-state index < -0.39 is 6.16 Å². The Kier molecular flexibility index (Phi) is 3.09. The van der Waals surface area contributed by atoms with E-state index in [1.165, 1.54) is 7.11 Å². The Balaban J connectivity index is 2.37. The van der Waals surface area contributed by atoms with Crippen LogP contribution in [0.2, 0.25) is 0 Å². The highest BCUT2D eigenvalue weighted by molar-refractivity contribution is 5.63. The first-order chi connectivity index (χ1) is 8.20. The predicted molar refractivity (Wildman–Crippen MR) is 61.3 cm³/mol. The molecule has 1 aromatic carbocycles. The van der Waals surface area contributed by atoms with Crippen LogP contribution in [0.5, 0.6) is 5.88 Å². The Labute approximate surface area is 98.6 Å². The largest absolute Gasteiger partial charge is 0.514 e. The van der Waals surface area contributed by atoms with Crippen LogP contribution in [-0.2, 0) is 4.74 Å². The summed E-state index contributed by atoms with van der Waals surface area (Å²) in [6.07, 6.45) is -0.762. The number of hydrogen-bond acceptors (Lipinski definition) is 4. The van der Waals surface area contributed by atoms with Gasteiger partial charge in [-0.15, -0.1) is 0 Å². The van der Waals surface area contributed by atoms with Crippen LogP contribution in [0.4, 0.5) is 4.79 Å². The number of carbonyl (C=O) groups is 1. The molecule has 0 radical (unpaired) electrons. The average molecular weight is 232 g/mol. The molecule has 0 unspecified atom stereocenters. The molecule has 0 bridgehead atoms. The van der Waals surface area contributed by atoms with Crippen LogP contribution in [0.1, 0.15) is 5.69 Å². The van der Waals surface area contributed by atoms with Crippen molar-refractivity contribution < 1.29 is 14.3 Å². The molecule has 5 nitrogen and oxygen atoms in total. The van der Waals surface area contributed by atoms with Gasteiger partial charge in [0.25, 0.3) is 0 Å². The van der Waals surface area contributed by atoms with Crippen molar-refractivity contribution in [3.63, 3.8) is 0 Å². The lowest BCUT2D eigenvalue weighted by molar-refractivity contribution is 0.118. The van der Waals surface area contributed by atoms with Gasteiger partial charge >= 0.3 is 6.16 Å². The Bertz CT molecular complexity index is 520. The third kappa shape index (κ3) is 2.44. The lowest BCUT2D eigenvalue weighted by Crippen LogP contribution is -2.10. The standard InChI is InChI=1S/C12H12N2O3/c1-9-8-11(17-12(15)16-2)14(13-9)10-6-4-3-5-7-10/h3-8H,1-2H3. The minimum Gasteiger partial charge on any atom is -0.437 e. The minimum absolute atomic E-state index is 0.334. The van der Waals surface area contributed by atoms with E-state index in [4.69, 9.17) is 4.74 Å². The Hall–Kier alpha value is -2.30. The number of benzene rings is 1. The number of para-hydroxylation sites is 1. The average Bonchev–Trinajstić information content (AvgIpc) is 2.71. The molecular formula is C12H12N2O3. The van der Waals surface area contributed by atoms with Gasteiger partial charge in [-0.3, -0.25) is 0 Å². The van der Waals surface area contributed by atoms with Gasteiger partial charge in [0.1, 0.15) is 0 Å². The predicted octanol–water partition coefficient (Wildman–Crippen LogP) is 2.33. The van der Waals surface area contributed by atoms with Crippen molar-refractivity contribution in [3.05, 3.63) is 42.1 Å². The number of ether oxygens (including phenoxy) is 2. The fourth-order valence-corrected chi connectivity index (χ4v) is 1.43. The second-order valence-corrected chi connectivity index (χ2v) is 3.43. The molecule has 17 heavy (non-hydrogen) atoms. The molecule has 0 atom stereocenters. The van der Waals surface area contributed by atoms with Crippen molar-refractivity contribution in [2.45, 2.75) is 6.92 Å². The van der Waals surface area contributed by atoms with Gasteiger partial charge in [0.2, 0.25) is 5.88 Å². The molecule has 2 rings (SSSR count). The lowest BCUT2D eigenvalue weighted by atomic mass is 10.3. The zero-order valence-corrected chi connectivity index (χ0v) is 9.58. The van der Waals surface area contributed by atoms with Crippen molar-refractivity contribution in [1.29, 1.82) is 0 Å². The monoisotopic (exact) mass is 232 g/mol. The zero-order chi connectivity index (χ0) is 12.3. The third-order valence-electron chi connectivity index (χ3n) is 2.15. The van der Waals surface area contributed by atoms with Crippen molar-refractivity contribution in [2.75, 3.05) is 7.11 Å². The highest BCUT2D eigenvalue weighted by Gasteiger charge is 2.12. The first-order valence-electron chi connectivity index (χ1n) is 5.08. The van der Waals surface area contributed by atoms with Crippen LogP contribution in [0, 0.1) is 6.92 Å². The molecule has 0 amide bonds. The molecule has 0 aliphatic heterocycles. The van der Waals surface area contributed by atoms with Crippen molar-refractivity contribution in [2.24, 2.45) is 0 Å². The molecular weight excluding hydrogens is 220 g/mol. The summed E-state index contributed by atoms with van der Waals surface area (Å²) in [5, 5.41) is 4.25. The molecule has 0 saturated carbocycles. The van der Waals surface area contributed by atoms with Gasteiger partial charge in [0.15, 0.2) is 0 Å². The molecule has 0 spiro atoms. The smallest absolute Gasteiger partial charge is 0.437 e. The van der Waals surface area contributed by atoms with Crippen molar-refractivity contribution in [3.8, 4) is 11.6 Å². The molecule has 0 fully saturated rings. The summed E-state index contributed by atoms with van der Waals surface area (Å²) in [5.41, 5.74) is 1.58. The summed E-state index contributed by atoms with van der Waals surface area (Å²) < 4.78 is 11.0. The highest BCUT2D eigenvalue weighted by Crippen LogP contribution is 2.19. The van der Waals surface area contributed by atoms with E-state index in [0.29, 0.717) is 5.88 Å². The molecule has 0 aliphatic rings. The normalized spacial score (nSPS) is 10.0. The van der Waals surface area contributed by atoms with E-state index in [0.717, 1.165) is 11.4 Å². The van der Waals surface area contributed by atoms with Gasteiger partial charge in [-0.2, -0.15) is 5.10 Å². The highest BCUT2D eigenvalue weighted by atomic mass is 16.7. The summed E-state index contributed by atoms with van der Waals surface area (Å²) in [5.74, 6) is 0.334. The van der Waals surface area contributed by atoms with Crippen LogP contribution in [0.15, 0.2) is 36.4 Å². The van der Waals surface area contributed by atoms with E-state index in [1.54, 1.807) is 10.7 Å². The van der Waals surface area contributed by atoms with Gasteiger partial charge in [-0.25, -0.2) is 9.48 Å². The van der Waals surface area contributed by atoms with Crippen molar-refractivity contribution >= 4 is 6.16 Å². The van der Waals surface area contributed by atoms with Crippen LogP contribution in [-0.4, -0.2) is 23.0 Å². The molecule has 0 N–H and O–H groups in total. The Morgan fingerprint density at radius 3 is 2.65 bits per heavy atom. The SMILES string of the molecule is COC(=O)Oc1cc(C)nn1-c1ccccc1. The third-order valence-corrected chi connectivity index (χ3v) is 2.15. The number of rotatable bonds is 2. The summed E-state index contributed by atoms with van der Waals surface area (Å²) in [7, 11) is 1.26. The van der Waals surface area contributed by atoms with Crippen LogP contribution in [0.25, 0.3) is 5.69 Å². The van der Waals surface area contributed by atoms with Gasteiger partial charge in [0.05, 0.1) is 18.5 Å². The molecule has 5 heteroatoms. The fourth-order valence-electron chi connectivity index (χ4n) is 1.43. The number of carbonyl (C=O) groups excluding carboxylic acids is 1. The van der Waals surface area contributed by atoms with E-state index in [-0.39, 0.29) is 0 Å². The maximum absolute atomic E-state index is 11.1. The number of methoxy groups -OCH3 is 1. The number of aromatic nitrogens is 2.